The number of hydrogen-bond acceptors (Lipinski definition) is 3. The number of aliphatic imine (C=N–C) groups is 1. The van der Waals surface area contributed by atoms with E-state index in [1.165, 1.54) is 0 Å². The molecule has 0 spiro atoms. The fourth-order valence-corrected chi connectivity index (χ4v) is 4.66. The maximum absolute atomic E-state index is 11.7. The van der Waals surface area contributed by atoms with Crippen LogP contribution in [0.2, 0.25) is 0 Å². The number of aromatic amines is 1. The summed E-state index contributed by atoms with van der Waals surface area (Å²) in [5.74, 6) is 0.302. The minimum absolute atomic E-state index is 0.0736. The lowest BCUT2D eigenvalue weighted by Crippen LogP contribution is -2.39. The first-order valence-electron chi connectivity index (χ1n) is 9.69. The van der Waals surface area contributed by atoms with Crippen LogP contribution in [0.25, 0.3) is 16.6 Å². The van der Waals surface area contributed by atoms with Crippen molar-refractivity contribution < 1.29 is 9.90 Å². The molecular formula is C22H22N4O2. The third-order valence-corrected chi connectivity index (χ3v) is 6.09. The van der Waals surface area contributed by atoms with Crippen LogP contribution in [0, 0.1) is 18.8 Å². The SMILES string of the molecule is Cc1c[nH]c2ncc(C3=CC4C=NC=CC4C([C@@H]4CCCN4C(=O)O)=C3)cc12. The molecule has 6 heteroatoms. The molecule has 0 radical (unpaired) electrons. The quantitative estimate of drug-likeness (QED) is 0.828. The van der Waals surface area contributed by atoms with Gasteiger partial charge in [0, 0.05) is 54.1 Å². The smallest absolute Gasteiger partial charge is 0.407 e. The zero-order chi connectivity index (χ0) is 19.3. The van der Waals surface area contributed by atoms with Crippen LogP contribution in [-0.4, -0.2) is 44.9 Å². The van der Waals surface area contributed by atoms with Crippen molar-refractivity contribution in [3.63, 3.8) is 0 Å². The van der Waals surface area contributed by atoms with Gasteiger partial charge in [0.2, 0.25) is 0 Å². The highest BCUT2D eigenvalue weighted by Gasteiger charge is 2.37. The molecule has 3 atom stereocenters. The van der Waals surface area contributed by atoms with Gasteiger partial charge in [0.25, 0.3) is 0 Å². The van der Waals surface area contributed by atoms with Crippen LogP contribution in [0.1, 0.15) is 24.0 Å². The summed E-state index contributed by atoms with van der Waals surface area (Å²) in [6, 6.07) is 2.09. The Labute approximate surface area is 163 Å². The molecule has 6 nitrogen and oxygen atoms in total. The van der Waals surface area contributed by atoms with E-state index in [-0.39, 0.29) is 17.9 Å². The van der Waals surface area contributed by atoms with Crippen molar-refractivity contribution in [1.29, 1.82) is 0 Å². The second kappa shape index (κ2) is 6.48. The van der Waals surface area contributed by atoms with Crippen LogP contribution < -0.4 is 0 Å². The summed E-state index contributed by atoms with van der Waals surface area (Å²) in [6.07, 6.45) is 15.1. The second-order valence-corrected chi connectivity index (χ2v) is 7.73. The molecule has 2 N–H and O–H groups in total. The van der Waals surface area contributed by atoms with Crippen molar-refractivity contribution in [2.45, 2.75) is 25.8 Å². The van der Waals surface area contributed by atoms with Gasteiger partial charge in [-0.1, -0.05) is 18.2 Å². The molecule has 28 heavy (non-hydrogen) atoms. The maximum atomic E-state index is 11.7. The van der Waals surface area contributed by atoms with Gasteiger partial charge < -0.3 is 15.0 Å². The molecule has 1 aliphatic carbocycles. The van der Waals surface area contributed by atoms with Gasteiger partial charge in [-0.2, -0.15) is 0 Å². The summed E-state index contributed by atoms with van der Waals surface area (Å²) < 4.78 is 0. The molecule has 142 valence electrons. The third kappa shape index (κ3) is 2.68. The predicted molar refractivity (Wildman–Crippen MR) is 109 cm³/mol. The van der Waals surface area contributed by atoms with Gasteiger partial charge in [-0.3, -0.25) is 4.99 Å². The predicted octanol–water partition coefficient (Wildman–Crippen LogP) is 4.17. The van der Waals surface area contributed by atoms with Gasteiger partial charge in [-0.15, -0.1) is 0 Å². The Morgan fingerprint density at radius 3 is 3.14 bits per heavy atom. The first kappa shape index (κ1) is 17.0. The van der Waals surface area contributed by atoms with Gasteiger partial charge in [-0.25, -0.2) is 9.78 Å². The fraction of sp³-hybridized carbons (Fsp3) is 0.318. The van der Waals surface area contributed by atoms with E-state index >= 15 is 0 Å². The fourth-order valence-electron chi connectivity index (χ4n) is 4.66. The van der Waals surface area contributed by atoms with Crippen molar-refractivity contribution in [3.05, 3.63) is 59.6 Å². The van der Waals surface area contributed by atoms with Gasteiger partial charge >= 0.3 is 6.09 Å². The van der Waals surface area contributed by atoms with E-state index in [4.69, 9.17) is 0 Å². The summed E-state index contributed by atoms with van der Waals surface area (Å²) in [4.78, 5) is 25.4. The number of amides is 1. The van der Waals surface area contributed by atoms with Gasteiger partial charge in [0.05, 0.1) is 6.04 Å². The molecule has 2 unspecified atom stereocenters. The number of rotatable bonds is 2. The number of nitrogens with zero attached hydrogens (tertiary/aromatic N) is 3. The van der Waals surface area contributed by atoms with Gasteiger partial charge in [0.15, 0.2) is 0 Å². The topological polar surface area (TPSA) is 81.6 Å². The summed E-state index contributed by atoms with van der Waals surface area (Å²) in [6.45, 7) is 2.67. The van der Waals surface area contributed by atoms with Crippen LogP contribution in [0.3, 0.4) is 0 Å². The average molecular weight is 374 g/mol. The van der Waals surface area contributed by atoms with E-state index in [0.717, 1.165) is 46.1 Å². The van der Waals surface area contributed by atoms with Crippen molar-refractivity contribution in [3.8, 4) is 0 Å². The van der Waals surface area contributed by atoms with Crippen molar-refractivity contribution in [1.82, 2.24) is 14.9 Å². The molecule has 4 heterocycles. The van der Waals surface area contributed by atoms with Crippen LogP contribution >= 0.6 is 0 Å². The molecule has 3 aliphatic rings. The average Bonchev–Trinajstić information content (AvgIpc) is 3.34. The van der Waals surface area contributed by atoms with Crippen LogP contribution in [0.15, 0.2) is 53.5 Å². The normalized spacial score (nSPS) is 26.3. The molecule has 0 saturated carbocycles. The first-order valence-corrected chi connectivity index (χ1v) is 9.69. The lowest BCUT2D eigenvalue weighted by molar-refractivity contribution is 0.144. The van der Waals surface area contributed by atoms with E-state index in [1.807, 2.05) is 24.8 Å². The summed E-state index contributed by atoms with van der Waals surface area (Å²) in [7, 11) is 0. The summed E-state index contributed by atoms with van der Waals surface area (Å²) >= 11 is 0. The first-order chi connectivity index (χ1) is 13.6. The number of likely N-dealkylation sites (tertiary alicyclic amines) is 1. The Kier molecular flexibility index (Phi) is 3.93. The van der Waals surface area contributed by atoms with E-state index in [2.05, 4.69) is 46.2 Å². The zero-order valence-electron chi connectivity index (χ0n) is 15.7. The number of carbonyl (C=O) groups is 1. The highest BCUT2D eigenvalue weighted by Crippen LogP contribution is 2.40. The molecule has 1 amide bonds. The Hall–Kier alpha value is -3.15. The highest BCUT2D eigenvalue weighted by atomic mass is 16.4. The van der Waals surface area contributed by atoms with Crippen LogP contribution in [0.5, 0.6) is 0 Å². The van der Waals surface area contributed by atoms with Gasteiger partial charge in [-0.05, 0) is 42.5 Å². The number of aromatic nitrogens is 2. The number of H-pyrrole nitrogens is 1. The molecule has 2 aliphatic heterocycles. The maximum Gasteiger partial charge on any atom is 0.407 e. The molecular weight excluding hydrogens is 352 g/mol. The number of hydrogen-bond donors (Lipinski definition) is 2. The lowest BCUT2D eigenvalue weighted by atomic mass is 9.75. The number of nitrogens with one attached hydrogen (secondary N) is 1. The Morgan fingerprint density at radius 2 is 2.29 bits per heavy atom. The number of aryl methyl sites for hydroxylation is 1. The van der Waals surface area contributed by atoms with E-state index in [1.54, 1.807) is 4.90 Å². The third-order valence-electron chi connectivity index (χ3n) is 6.09. The zero-order valence-corrected chi connectivity index (χ0v) is 15.7. The molecule has 2 aromatic rings. The summed E-state index contributed by atoms with van der Waals surface area (Å²) in [5, 5.41) is 10.8. The number of allylic oxidation sites excluding steroid dienone is 4. The standard InChI is InChI=1S/C22H22N4O2/c1-13-10-24-21-18(13)9-15(12-25-21)14-7-16-11-23-5-4-17(16)19(8-14)20-3-2-6-26(20)22(27)28/h4-5,7-12,16-17,20H,2-3,6H2,1H3,(H,24,25)(H,27,28)/t16?,17?,20-/m0/s1. The Balaban J connectivity index is 1.60. The number of pyridine rings is 1. The van der Waals surface area contributed by atoms with E-state index in [9.17, 15) is 9.90 Å². The Morgan fingerprint density at radius 1 is 1.39 bits per heavy atom. The second-order valence-electron chi connectivity index (χ2n) is 7.73. The molecule has 0 bridgehead atoms. The minimum Gasteiger partial charge on any atom is -0.465 e. The molecule has 2 aromatic heterocycles. The number of carboxylic acid groups (broad SMARTS) is 1. The molecule has 1 saturated heterocycles. The van der Waals surface area contributed by atoms with Gasteiger partial charge in [0.1, 0.15) is 5.65 Å². The van der Waals surface area contributed by atoms with Crippen molar-refractivity contribution in [2.75, 3.05) is 6.54 Å². The molecule has 0 aromatic carbocycles. The molecule has 5 rings (SSSR count). The van der Waals surface area contributed by atoms with Crippen LogP contribution in [-0.2, 0) is 0 Å². The summed E-state index contributed by atoms with van der Waals surface area (Å²) in [5.41, 5.74) is 5.35. The van der Waals surface area contributed by atoms with Crippen molar-refractivity contribution >= 4 is 28.9 Å². The van der Waals surface area contributed by atoms with E-state index in [0.29, 0.717) is 6.54 Å². The largest absolute Gasteiger partial charge is 0.465 e. The van der Waals surface area contributed by atoms with E-state index < -0.39 is 6.09 Å². The molecule has 1 fully saturated rings. The lowest BCUT2D eigenvalue weighted by Gasteiger charge is -2.34. The monoisotopic (exact) mass is 374 g/mol. The Bertz CT molecular complexity index is 1080. The van der Waals surface area contributed by atoms with Crippen LogP contribution in [0.4, 0.5) is 4.79 Å². The van der Waals surface area contributed by atoms with Crippen molar-refractivity contribution in [2.24, 2.45) is 16.8 Å². The number of fused-ring (bicyclic) bond motifs is 2. The highest BCUT2D eigenvalue weighted by molar-refractivity contribution is 5.88. The minimum atomic E-state index is -0.837.